The summed E-state index contributed by atoms with van der Waals surface area (Å²) < 4.78 is 5.56. The summed E-state index contributed by atoms with van der Waals surface area (Å²) in [6, 6.07) is 12.2. The molecular formula is C17H23N3O. The average Bonchev–Trinajstić information content (AvgIpc) is 2.48. The molecule has 21 heavy (non-hydrogen) atoms. The smallest absolute Gasteiger partial charge is 0.239 e. The van der Waals surface area contributed by atoms with E-state index in [1.807, 2.05) is 24.3 Å². The first-order valence-corrected chi connectivity index (χ1v) is 7.33. The van der Waals surface area contributed by atoms with Gasteiger partial charge < -0.3 is 15.8 Å². The number of nitrogens with one attached hydrogen (secondary N) is 1. The molecule has 3 N–H and O–H groups in total. The Labute approximate surface area is 126 Å². The Morgan fingerprint density at radius 1 is 1.24 bits per heavy atom. The molecule has 0 spiro atoms. The van der Waals surface area contributed by atoms with Gasteiger partial charge in [0.15, 0.2) is 0 Å². The van der Waals surface area contributed by atoms with Gasteiger partial charge in [0.25, 0.3) is 0 Å². The fourth-order valence-electron chi connectivity index (χ4n) is 2.22. The minimum Gasteiger partial charge on any atom is -0.476 e. The van der Waals surface area contributed by atoms with E-state index in [0.29, 0.717) is 18.2 Å². The lowest BCUT2D eigenvalue weighted by Gasteiger charge is -2.18. The second kappa shape index (κ2) is 6.97. The number of aromatic nitrogens is 1. The fraction of sp³-hybridized carbons (Fsp3) is 0.353. The first kappa shape index (κ1) is 15.2. The highest BCUT2D eigenvalue weighted by molar-refractivity contribution is 5.54. The molecule has 0 fully saturated rings. The van der Waals surface area contributed by atoms with Crippen molar-refractivity contribution in [1.82, 2.24) is 4.98 Å². The van der Waals surface area contributed by atoms with Crippen molar-refractivity contribution in [2.75, 3.05) is 17.7 Å². The van der Waals surface area contributed by atoms with Gasteiger partial charge in [0.05, 0.1) is 18.3 Å². The summed E-state index contributed by atoms with van der Waals surface area (Å²) in [4.78, 5) is 4.45. The lowest BCUT2D eigenvalue weighted by Crippen LogP contribution is -2.10. The summed E-state index contributed by atoms with van der Waals surface area (Å²) in [5, 5.41) is 3.40. The van der Waals surface area contributed by atoms with Gasteiger partial charge in [-0.15, -0.1) is 0 Å². The van der Waals surface area contributed by atoms with Crippen molar-refractivity contribution >= 4 is 11.5 Å². The number of ether oxygens (including phenoxy) is 1. The molecule has 4 nitrogen and oxygen atoms in total. The number of hydrogen-bond acceptors (Lipinski definition) is 4. The molecular weight excluding hydrogens is 262 g/mol. The van der Waals surface area contributed by atoms with Crippen LogP contribution >= 0.6 is 0 Å². The van der Waals surface area contributed by atoms with E-state index in [9.17, 15) is 0 Å². The van der Waals surface area contributed by atoms with Crippen molar-refractivity contribution in [3.8, 4) is 5.88 Å². The standard InChI is InChI=1S/C17H23N3O/c1-4-11-21-17-15(18)9-10-16(20-17)19-13(3)14-8-6-5-7-12(14)2/h5-10,13H,4,11,18H2,1-3H3,(H,19,20). The SMILES string of the molecule is CCCOc1nc(NC(C)c2ccccc2C)ccc1N. The number of nitrogens with two attached hydrogens (primary N) is 1. The van der Waals surface area contributed by atoms with Crippen LogP contribution in [0.4, 0.5) is 11.5 Å². The number of hydrogen-bond donors (Lipinski definition) is 2. The van der Waals surface area contributed by atoms with E-state index in [0.717, 1.165) is 12.2 Å². The van der Waals surface area contributed by atoms with E-state index >= 15 is 0 Å². The molecule has 1 atom stereocenters. The summed E-state index contributed by atoms with van der Waals surface area (Å²) in [6.07, 6.45) is 0.929. The highest BCUT2D eigenvalue weighted by Gasteiger charge is 2.10. The highest BCUT2D eigenvalue weighted by atomic mass is 16.5. The molecule has 0 aliphatic heterocycles. The third-order valence-electron chi connectivity index (χ3n) is 3.35. The monoisotopic (exact) mass is 285 g/mol. The largest absolute Gasteiger partial charge is 0.476 e. The molecule has 0 bridgehead atoms. The van der Waals surface area contributed by atoms with Crippen molar-refractivity contribution in [3.63, 3.8) is 0 Å². The molecule has 0 radical (unpaired) electrons. The molecule has 0 aliphatic carbocycles. The summed E-state index contributed by atoms with van der Waals surface area (Å²) in [7, 11) is 0. The number of nitrogens with zero attached hydrogens (tertiary/aromatic N) is 1. The molecule has 1 aromatic heterocycles. The Morgan fingerprint density at radius 3 is 2.71 bits per heavy atom. The molecule has 0 saturated heterocycles. The van der Waals surface area contributed by atoms with Crippen LogP contribution in [0.15, 0.2) is 36.4 Å². The normalized spacial score (nSPS) is 12.0. The third-order valence-corrected chi connectivity index (χ3v) is 3.35. The Kier molecular flexibility index (Phi) is 5.04. The van der Waals surface area contributed by atoms with Crippen molar-refractivity contribution in [3.05, 3.63) is 47.5 Å². The predicted octanol–water partition coefficient (Wildman–Crippen LogP) is 3.93. The Hall–Kier alpha value is -2.23. The highest BCUT2D eigenvalue weighted by Crippen LogP contribution is 2.25. The summed E-state index contributed by atoms with van der Waals surface area (Å²) in [5.41, 5.74) is 8.96. The topological polar surface area (TPSA) is 60.2 Å². The number of pyridine rings is 1. The van der Waals surface area contributed by atoms with Crippen LogP contribution < -0.4 is 15.8 Å². The number of rotatable bonds is 6. The first-order valence-electron chi connectivity index (χ1n) is 7.33. The Morgan fingerprint density at radius 2 is 2.00 bits per heavy atom. The van der Waals surface area contributed by atoms with Crippen molar-refractivity contribution in [1.29, 1.82) is 0 Å². The summed E-state index contributed by atoms with van der Waals surface area (Å²) in [5.74, 6) is 1.27. The first-order chi connectivity index (χ1) is 10.1. The molecule has 0 amide bonds. The van der Waals surface area contributed by atoms with Gasteiger partial charge in [0.2, 0.25) is 5.88 Å². The van der Waals surface area contributed by atoms with Crippen LogP contribution in [0.3, 0.4) is 0 Å². The van der Waals surface area contributed by atoms with Gasteiger partial charge in [-0.2, -0.15) is 4.98 Å². The zero-order valence-electron chi connectivity index (χ0n) is 12.9. The van der Waals surface area contributed by atoms with Crippen LogP contribution in [0.25, 0.3) is 0 Å². The van der Waals surface area contributed by atoms with E-state index in [1.165, 1.54) is 11.1 Å². The molecule has 0 aliphatic rings. The van der Waals surface area contributed by atoms with E-state index in [4.69, 9.17) is 10.5 Å². The summed E-state index contributed by atoms with van der Waals surface area (Å²) in [6.45, 7) is 6.90. The van der Waals surface area contributed by atoms with Gasteiger partial charge in [-0.05, 0) is 43.5 Å². The van der Waals surface area contributed by atoms with Crippen LogP contribution in [-0.4, -0.2) is 11.6 Å². The molecule has 4 heteroatoms. The second-order valence-corrected chi connectivity index (χ2v) is 5.16. The van der Waals surface area contributed by atoms with Crippen molar-refractivity contribution < 1.29 is 4.74 Å². The number of aryl methyl sites for hydroxylation is 1. The fourth-order valence-corrected chi connectivity index (χ4v) is 2.22. The predicted molar refractivity (Wildman–Crippen MR) is 87.7 cm³/mol. The number of anilines is 2. The average molecular weight is 285 g/mol. The van der Waals surface area contributed by atoms with Gasteiger partial charge in [-0.3, -0.25) is 0 Å². The van der Waals surface area contributed by atoms with Gasteiger partial charge >= 0.3 is 0 Å². The van der Waals surface area contributed by atoms with Gasteiger partial charge in [0, 0.05) is 0 Å². The van der Waals surface area contributed by atoms with Crippen LogP contribution in [0.1, 0.15) is 37.4 Å². The number of benzene rings is 1. The van der Waals surface area contributed by atoms with Crippen LogP contribution in [0.2, 0.25) is 0 Å². The molecule has 1 aromatic carbocycles. The summed E-state index contributed by atoms with van der Waals surface area (Å²) >= 11 is 0. The zero-order valence-corrected chi connectivity index (χ0v) is 12.9. The maximum Gasteiger partial charge on any atom is 0.239 e. The molecule has 2 aromatic rings. The molecule has 1 heterocycles. The van der Waals surface area contributed by atoms with E-state index in [-0.39, 0.29) is 6.04 Å². The van der Waals surface area contributed by atoms with E-state index < -0.39 is 0 Å². The lowest BCUT2D eigenvalue weighted by atomic mass is 10.0. The Bertz CT molecular complexity index is 598. The van der Waals surface area contributed by atoms with Gasteiger partial charge in [-0.1, -0.05) is 31.2 Å². The second-order valence-electron chi connectivity index (χ2n) is 5.16. The quantitative estimate of drug-likeness (QED) is 0.844. The Balaban J connectivity index is 2.14. The molecule has 0 saturated carbocycles. The van der Waals surface area contributed by atoms with Crippen LogP contribution in [0, 0.1) is 6.92 Å². The van der Waals surface area contributed by atoms with E-state index in [2.05, 4.69) is 43.2 Å². The lowest BCUT2D eigenvalue weighted by molar-refractivity contribution is 0.307. The van der Waals surface area contributed by atoms with Crippen molar-refractivity contribution in [2.24, 2.45) is 0 Å². The molecule has 1 unspecified atom stereocenters. The van der Waals surface area contributed by atoms with E-state index in [1.54, 1.807) is 0 Å². The molecule has 112 valence electrons. The maximum atomic E-state index is 5.88. The van der Waals surface area contributed by atoms with Gasteiger partial charge in [-0.25, -0.2) is 0 Å². The maximum absolute atomic E-state index is 5.88. The number of nitrogen functional groups attached to an aromatic ring is 1. The van der Waals surface area contributed by atoms with Crippen molar-refractivity contribution in [2.45, 2.75) is 33.2 Å². The van der Waals surface area contributed by atoms with Gasteiger partial charge in [0.1, 0.15) is 5.82 Å². The van der Waals surface area contributed by atoms with Crippen LogP contribution in [-0.2, 0) is 0 Å². The zero-order chi connectivity index (χ0) is 15.2. The minimum atomic E-state index is 0.168. The van der Waals surface area contributed by atoms with Crippen LogP contribution in [0.5, 0.6) is 5.88 Å². The molecule has 2 rings (SSSR count). The third kappa shape index (κ3) is 3.88. The minimum absolute atomic E-state index is 0.168.